The summed E-state index contributed by atoms with van der Waals surface area (Å²) in [6.07, 6.45) is 0. The molecule has 0 unspecified atom stereocenters. The molecule has 0 saturated carbocycles. The molecule has 24 heavy (non-hydrogen) atoms. The van der Waals surface area contributed by atoms with Crippen LogP contribution in [0.1, 0.15) is 5.82 Å². The summed E-state index contributed by atoms with van der Waals surface area (Å²) in [4.78, 5) is 4.63. The molecule has 1 aliphatic heterocycles. The summed E-state index contributed by atoms with van der Waals surface area (Å²) in [6.45, 7) is 2.35. The highest BCUT2D eigenvalue weighted by molar-refractivity contribution is 6.30. The number of imidazole rings is 1. The molecule has 0 aliphatic carbocycles. The average molecular weight is 343 g/mol. The Bertz CT molecular complexity index is 902. The largest absolute Gasteiger partial charge is 0.383 e. The van der Waals surface area contributed by atoms with Crippen LogP contribution in [0.15, 0.2) is 42.5 Å². The van der Waals surface area contributed by atoms with Gasteiger partial charge in [0.15, 0.2) is 0 Å². The van der Waals surface area contributed by atoms with Gasteiger partial charge >= 0.3 is 0 Å². The molecule has 122 valence electrons. The van der Waals surface area contributed by atoms with Gasteiger partial charge in [-0.05, 0) is 35.9 Å². The Kier molecular flexibility index (Phi) is 3.75. The quantitative estimate of drug-likeness (QED) is 0.746. The summed E-state index contributed by atoms with van der Waals surface area (Å²) in [5, 5.41) is 3.89. The number of aromatic nitrogens is 2. The fourth-order valence-corrected chi connectivity index (χ4v) is 3.15. The van der Waals surface area contributed by atoms with Gasteiger partial charge in [-0.1, -0.05) is 23.7 Å². The van der Waals surface area contributed by atoms with Crippen molar-refractivity contribution in [1.82, 2.24) is 14.9 Å². The normalized spacial score (nSPS) is 13.8. The number of nitrogen functional groups attached to an aromatic ring is 1. The minimum Gasteiger partial charge on any atom is -0.383 e. The number of hydrogen-bond acceptors (Lipinski definition) is 3. The molecular formula is C18H16ClFN4. The Morgan fingerprint density at radius 1 is 1.12 bits per heavy atom. The maximum atomic E-state index is 14.3. The number of fused-ring (bicyclic) bond motifs is 1. The van der Waals surface area contributed by atoms with E-state index >= 15 is 0 Å². The number of benzene rings is 2. The summed E-state index contributed by atoms with van der Waals surface area (Å²) < 4.78 is 16.3. The van der Waals surface area contributed by atoms with Crippen LogP contribution in [0.4, 0.5) is 10.2 Å². The number of rotatable bonds is 2. The van der Waals surface area contributed by atoms with Gasteiger partial charge in [0.1, 0.15) is 23.2 Å². The Hall–Kier alpha value is -2.37. The first-order chi connectivity index (χ1) is 11.6. The van der Waals surface area contributed by atoms with Crippen LogP contribution in [-0.2, 0) is 13.1 Å². The fourth-order valence-electron chi connectivity index (χ4n) is 3.02. The van der Waals surface area contributed by atoms with E-state index < -0.39 is 0 Å². The van der Waals surface area contributed by atoms with E-state index in [0.717, 1.165) is 30.0 Å². The molecule has 3 aromatic rings. The van der Waals surface area contributed by atoms with E-state index in [9.17, 15) is 4.39 Å². The van der Waals surface area contributed by atoms with Crippen molar-refractivity contribution < 1.29 is 4.39 Å². The number of hydrogen-bond donors (Lipinski definition) is 2. The van der Waals surface area contributed by atoms with Crippen LogP contribution < -0.4 is 11.1 Å². The van der Waals surface area contributed by atoms with E-state index in [-0.39, 0.29) is 5.82 Å². The zero-order chi connectivity index (χ0) is 16.7. The van der Waals surface area contributed by atoms with E-state index in [0.29, 0.717) is 28.6 Å². The number of nitrogens with zero attached hydrogens (tertiary/aromatic N) is 2. The third-order valence-corrected chi connectivity index (χ3v) is 4.53. The standard InChI is InChI=1S/C18H16ClFN4/c19-13-4-1-11(2-5-13)14-9-12(3-6-15(14)20)17-18(21)24-8-7-22-10-16(24)23-17/h1-6,9,22H,7-8,10,21H2. The molecule has 4 rings (SSSR count). The van der Waals surface area contributed by atoms with Crippen LogP contribution in [0.2, 0.25) is 5.02 Å². The van der Waals surface area contributed by atoms with Crippen molar-refractivity contribution >= 4 is 17.4 Å². The van der Waals surface area contributed by atoms with Crippen LogP contribution in [0.25, 0.3) is 22.4 Å². The molecular weight excluding hydrogens is 327 g/mol. The number of anilines is 1. The van der Waals surface area contributed by atoms with Gasteiger partial charge in [0, 0.05) is 29.2 Å². The van der Waals surface area contributed by atoms with E-state index in [1.54, 1.807) is 36.4 Å². The molecule has 0 fully saturated rings. The van der Waals surface area contributed by atoms with Crippen molar-refractivity contribution in [2.45, 2.75) is 13.1 Å². The van der Waals surface area contributed by atoms with Gasteiger partial charge in [0.25, 0.3) is 0 Å². The van der Waals surface area contributed by atoms with Gasteiger partial charge in [0.05, 0.1) is 6.54 Å². The maximum Gasteiger partial charge on any atom is 0.131 e. The summed E-state index contributed by atoms with van der Waals surface area (Å²) in [6, 6.07) is 12.1. The topological polar surface area (TPSA) is 55.9 Å². The molecule has 0 radical (unpaired) electrons. The monoisotopic (exact) mass is 342 g/mol. The first-order valence-electron chi connectivity index (χ1n) is 7.75. The summed E-state index contributed by atoms with van der Waals surface area (Å²) in [5.74, 6) is 1.25. The van der Waals surface area contributed by atoms with E-state index in [2.05, 4.69) is 10.3 Å². The van der Waals surface area contributed by atoms with Crippen LogP contribution in [0.3, 0.4) is 0 Å². The molecule has 3 N–H and O–H groups in total. The SMILES string of the molecule is Nc1c(-c2ccc(F)c(-c3ccc(Cl)cc3)c2)nc2n1CCNC2. The minimum absolute atomic E-state index is 0.287. The van der Waals surface area contributed by atoms with Crippen molar-refractivity contribution in [3.05, 3.63) is 59.1 Å². The molecule has 2 aromatic carbocycles. The predicted molar refractivity (Wildman–Crippen MR) is 94.2 cm³/mol. The lowest BCUT2D eigenvalue weighted by Crippen LogP contribution is -2.28. The number of nitrogens with one attached hydrogen (secondary N) is 1. The van der Waals surface area contributed by atoms with Gasteiger partial charge in [-0.25, -0.2) is 9.37 Å². The number of nitrogens with two attached hydrogens (primary N) is 1. The third kappa shape index (κ3) is 2.56. The highest BCUT2D eigenvalue weighted by atomic mass is 35.5. The van der Waals surface area contributed by atoms with Crippen LogP contribution in [-0.4, -0.2) is 16.1 Å². The van der Waals surface area contributed by atoms with Gasteiger partial charge < -0.3 is 15.6 Å². The molecule has 0 atom stereocenters. The molecule has 0 spiro atoms. The first kappa shape index (κ1) is 15.2. The first-order valence-corrected chi connectivity index (χ1v) is 8.13. The second kappa shape index (κ2) is 5.92. The van der Waals surface area contributed by atoms with Crippen LogP contribution in [0, 0.1) is 5.82 Å². The van der Waals surface area contributed by atoms with E-state index in [1.165, 1.54) is 6.07 Å². The second-order valence-corrected chi connectivity index (χ2v) is 6.23. The van der Waals surface area contributed by atoms with Gasteiger partial charge in [0.2, 0.25) is 0 Å². The van der Waals surface area contributed by atoms with Crippen molar-refractivity contribution in [1.29, 1.82) is 0 Å². The summed E-state index contributed by atoms with van der Waals surface area (Å²) in [7, 11) is 0. The highest BCUT2D eigenvalue weighted by Gasteiger charge is 2.19. The molecule has 0 saturated heterocycles. The smallest absolute Gasteiger partial charge is 0.131 e. The Balaban J connectivity index is 1.81. The zero-order valence-corrected chi connectivity index (χ0v) is 13.6. The van der Waals surface area contributed by atoms with Crippen molar-refractivity contribution in [2.75, 3.05) is 12.3 Å². The molecule has 1 aliphatic rings. The Labute approximate surface area is 144 Å². The van der Waals surface area contributed by atoms with Gasteiger partial charge in [-0.15, -0.1) is 0 Å². The lowest BCUT2D eigenvalue weighted by atomic mass is 10.0. The molecule has 0 bridgehead atoms. The summed E-state index contributed by atoms with van der Waals surface area (Å²) in [5.41, 5.74) is 9.04. The Morgan fingerprint density at radius 2 is 1.88 bits per heavy atom. The molecule has 0 amide bonds. The summed E-state index contributed by atoms with van der Waals surface area (Å²) >= 11 is 5.92. The maximum absolute atomic E-state index is 14.3. The van der Waals surface area contributed by atoms with E-state index in [4.69, 9.17) is 17.3 Å². The zero-order valence-electron chi connectivity index (χ0n) is 12.9. The minimum atomic E-state index is -0.287. The molecule has 2 heterocycles. The third-order valence-electron chi connectivity index (χ3n) is 4.28. The van der Waals surface area contributed by atoms with Crippen molar-refractivity contribution in [3.8, 4) is 22.4 Å². The van der Waals surface area contributed by atoms with Crippen molar-refractivity contribution in [2.24, 2.45) is 0 Å². The fraction of sp³-hybridized carbons (Fsp3) is 0.167. The highest BCUT2D eigenvalue weighted by Crippen LogP contribution is 2.32. The molecule has 6 heteroatoms. The lowest BCUT2D eigenvalue weighted by molar-refractivity contribution is 0.509. The second-order valence-electron chi connectivity index (χ2n) is 5.79. The van der Waals surface area contributed by atoms with Crippen LogP contribution >= 0.6 is 11.6 Å². The van der Waals surface area contributed by atoms with Crippen LogP contribution in [0.5, 0.6) is 0 Å². The Morgan fingerprint density at radius 3 is 2.62 bits per heavy atom. The van der Waals surface area contributed by atoms with Crippen molar-refractivity contribution in [3.63, 3.8) is 0 Å². The van der Waals surface area contributed by atoms with E-state index in [1.807, 2.05) is 4.57 Å². The van der Waals surface area contributed by atoms with Gasteiger partial charge in [-0.2, -0.15) is 0 Å². The number of halogens is 2. The average Bonchev–Trinajstić information content (AvgIpc) is 2.94. The molecule has 1 aromatic heterocycles. The van der Waals surface area contributed by atoms with Gasteiger partial charge in [-0.3, -0.25) is 0 Å². The lowest BCUT2D eigenvalue weighted by Gasteiger charge is -2.15. The molecule has 4 nitrogen and oxygen atoms in total. The predicted octanol–water partition coefficient (Wildman–Crippen LogP) is 3.70.